The number of carbonyl (C=O) groups excluding carboxylic acids is 1. The van der Waals surface area contributed by atoms with Crippen molar-refractivity contribution in [2.24, 2.45) is 5.92 Å². The molecule has 2 aliphatic rings. The Kier molecular flexibility index (Phi) is 1.72. The number of nitrogens with zero attached hydrogens (tertiary/aromatic N) is 1. The number of piperidine rings is 1. The van der Waals surface area contributed by atoms with Gasteiger partial charge in [-0.2, -0.15) is 0 Å². The van der Waals surface area contributed by atoms with Gasteiger partial charge in [-0.25, -0.2) is 0 Å². The topological polar surface area (TPSA) is 20.3 Å². The molecular weight excluding hydrogens is 138 g/mol. The summed E-state index contributed by atoms with van der Waals surface area (Å²) in [6, 6.07) is 0.594. The second kappa shape index (κ2) is 2.59. The summed E-state index contributed by atoms with van der Waals surface area (Å²) in [7, 11) is 0. The van der Waals surface area contributed by atoms with Crippen molar-refractivity contribution in [2.45, 2.75) is 32.2 Å². The number of ketones is 1. The molecule has 2 heterocycles. The largest absolute Gasteiger partial charge is 0.300 e. The first-order chi connectivity index (χ1) is 5.27. The van der Waals surface area contributed by atoms with E-state index in [-0.39, 0.29) is 0 Å². The highest BCUT2D eigenvalue weighted by Gasteiger charge is 2.35. The Bertz CT molecular complexity index is 178. The number of fused-ring (bicyclic) bond motifs is 1. The molecule has 2 aliphatic heterocycles. The summed E-state index contributed by atoms with van der Waals surface area (Å²) in [6.07, 6.45) is 2.91. The SMILES string of the molecule is CC1CCN2CCC(=O)CC12. The van der Waals surface area contributed by atoms with Gasteiger partial charge in [-0.1, -0.05) is 6.92 Å². The fourth-order valence-corrected chi connectivity index (χ4v) is 2.30. The average molecular weight is 153 g/mol. The number of hydrogen-bond donors (Lipinski definition) is 0. The summed E-state index contributed by atoms with van der Waals surface area (Å²) in [4.78, 5) is 13.6. The Labute approximate surface area is 67.6 Å². The van der Waals surface area contributed by atoms with Gasteiger partial charge in [0.25, 0.3) is 0 Å². The molecule has 2 nitrogen and oxygen atoms in total. The van der Waals surface area contributed by atoms with Crippen molar-refractivity contribution < 1.29 is 4.79 Å². The van der Waals surface area contributed by atoms with E-state index < -0.39 is 0 Å². The van der Waals surface area contributed by atoms with Crippen molar-refractivity contribution in [1.29, 1.82) is 0 Å². The predicted octanol–water partition coefficient (Wildman–Crippen LogP) is 1.06. The summed E-state index contributed by atoms with van der Waals surface area (Å²) < 4.78 is 0. The minimum atomic E-state index is 0.472. The van der Waals surface area contributed by atoms with Crippen LogP contribution in [-0.2, 0) is 4.79 Å². The minimum absolute atomic E-state index is 0.472. The zero-order chi connectivity index (χ0) is 7.84. The third-order valence-electron chi connectivity index (χ3n) is 3.11. The van der Waals surface area contributed by atoms with Crippen molar-refractivity contribution >= 4 is 5.78 Å². The van der Waals surface area contributed by atoms with Gasteiger partial charge in [-0.3, -0.25) is 9.69 Å². The molecule has 0 bridgehead atoms. The molecule has 0 aromatic rings. The maximum Gasteiger partial charge on any atom is 0.135 e. The van der Waals surface area contributed by atoms with Crippen LogP contribution in [0.2, 0.25) is 0 Å². The van der Waals surface area contributed by atoms with Crippen LogP contribution in [0, 0.1) is 5.92 Å². The summed E-state index contributed by atoms with van der Waals surface area (Å²) in [6.45, 7) is 4.51. The van der Waals surface area contributed by atoms with Gasteiger partial charge in [0.1, 0.15) is 5.78 Å². The Morgan fingerprint density at radius 2 is 2.27 bits per heavy atom. The van der Waals surface area contributed by atoms with Gasteiger partial charge in [-0.05, 0) is 18.9 Å². The van der Waals surface area contributed by atoms with Gasteiger partial charge in [0.05, 0.1) is 0 Å². The lowest BCUT2D eigenvalue weighted by Crippen LogP contribution is -2.40. The average Bonchev–Trinajstić information content (AvgIpc) is 2.33. The molecule has 0 N–H and O–H groups in total. The second-order valence-corrected chi connectivity index (χ2v) is 3.86. The van der Waals surface area contributed by atoms with Crippen LogP contribution in [0.1, 0.15) is 26.2 Å². The van der Waals surface area contributed by atoms with Gasteiger partial charge in [0, 0.05) is 25.4 Å². The van der Waals surface area contributed by atoms with Crippen molar-refractivity contribution in [1.82, 2.24) is 4.90 Å². The molecule has 0 aromatic heterocycles. The van der Waals surface area contributed by atoms with Crippen LogP contribution in [0.25, 0.3) is 0 Å². The van der Waals surface area contributed by atoms with Crippen molar-refractivity contribution in [3.05, 3.63) is 0 Å². The lowest BCUT2D eigenvalue weighted by atomic mass is 9.94. The lowest BCUT2D eigenvalue weighted by molar-refractivity contribution is -0.122. The molecule has 0 aliphatic carbocycles. The molecule has 2 atom stereocenters. The van der Waals surface area contributed by atoms with E-state index in [1.165, 1.54) is 13.0 Å². The number of carbonyl (C=O) groups is 1. The van der Waals surface area contributed by atoms with E-state index in [9.17, 15) is 4.79 Å². The first-order valence-electron chi connectivity index (χ1n) is 4.53. The summed E-state index contributed by atoms with van der Waals surface area (Å²) >= 11 is 0. The van der Waals surface area contributed by atoms with E-state index in [2.05, 4.69) is 11.8 Å². The Morgan fingerprint density at radius 1 is 1.45 bits per heavy atom. The molecule has 2 saturated heterocycles. The quantitative estimate of drug-likeness (QED) is 0.518. The third kappa shape index (κ3) is 1.20. The highest BCUT2D eigenvalue weighted by molar-refractivity contribution is 5.80. The molecule has 0 amide bonds. The lowest BCUT2D eigenvalue weighted by Gasteiger charge is -2.30. The first kappa shape index (κ1) is 7.29. The number of rotatable bonds is 0. The van der Waals surface area contributed by atoms with Crippen LogP contribution in [0.3, 0.4) is 0 Å². The molecule has 0 spiro atoms. The standard InChI is InChI=1S/C9H15NO/c1-7-2-4-10-5-3-8(11)6-9(7)10/h7,9H,2-6H2,1H3. The van der Waals surface area contributed by atoms with Gasteiger partial charge in [0.15, 0.2) is 0 Å². The predicted molar refractivity (Wildman–Crippen MR) is 43.4 cm³/mol. The highest BCUT2D eigenvalue weighted by atomic mass is 16.1. The van der Waals surface area contributed by atoms with Crippen LogP contribution >= 0.6 is 0 Å². The molecule has 0 saturated carbocycles. The Morgan fingerprint density at radius 3 is 3.09 bits per heavy atom. The van der Waals surface area contributed by atoms with Gasteiger partial charge in [-0.15, -0.1) is 0 Å². The first-order valence-corrected chi connectivity index (χ1v) is 4.53. The van der Waals surface area contributed by atoms with Crippen LogP contribution in [0.4, 0.5) is 0 Å². The minimum Gasteiger partial charge on any atom is -0.300 e. The normalized spacial score (nSPS) is 39.2. The molecule has 2 rings (SSSR count). The van der Waals surface area contributed by atoms with Crippen molar-refractivity contribution in [2.75, 3.05) is 13.1 Å². The summed E-state index contributed by atoms with van der Waals surface area (Å²) in [5.41, 5.74) is 0. The fraction of sp³-hybridized carbons (Fsp3) is 0.889. The molecule has 2 heteroatoms. The van der Waals surface area contributed by atoms with E-state index in [1.807, 2.05) is 0 Å². The zero-order valence-electron chi connectivity index (χ0n) is 7.05. The van der Waals surface area contributed by atoms with Gasteiger partial charge in [0.2, 0.25) is 0 Å². The van der Waals surface area contributed by atoms with Crippen LogP contribution in [-0.4, -0.2) is 29.8 Å². The van der Waals surface area contributed by atoms with E-state index in [1.54, 1.807) is 0 Å². The van der Waals surface area contributed by atoms with Crippen LogP contribution in [0.5, 0.6) is 0 Å². The summed E-state index contributed by atoms with van der Waals surface area (Å²) in [5, 5.41) is 0. The number of hydrogen-bond acceptors (Lipinski definition) is 2. The van der Waals surface area contributed by atoms with Crippen molar-refractivity contribution in [3.8, 4) is 0 Å². The third-order valence-corrected chi connectivity index (χ3v) is 3.11. The Balaban J connectivity index is 2.07. The van der Waals surface area contributed by atoms with Crippen molar-refractivity contribution in [3.63, 3.8) is 0 Å². The highest BCUT2D eigenvalue weighted by Crippen LogP contribution is 2.29. The van der Waals surface area contributed by atoms with E-state index in [0.717, 1.165) is 25.3 Å². The molecule has 2 unspecified atom stereocenters. The number of Topliss-reactive ketones (excluding diaryl/α,β-unsaturated/α-hetero) is 1. The van der Waals surface area contributed by atoms with Gasteiger partial charge < -0.3 is 0 Å². The molecule has 62 valence electrons. The molecule has 0 radical (unpaired) electrons. The fourth-order valence-electron chi connectivity index (χ4n) is 2.30. The van der Waals surface area contributed by atoms with Gasteiger partial charge >= 0.3 is 0 Å². The zero-order valence-corrected chi connectivity index (χ0v) is 7.05. The summed E-state index contributed by atoms with van der Waals surface area (Å²) in [5.74, 6) is 1.22. The van der Waals surface area contributed by atoms with Crippen LogP contribution in [0.15, 0.2) is 0 Å². The maximum absolute atomic E-state index is 11.1. The molecule has 11 heavy (non-hydrogen) atoms. The van der Waals surface area contributed by atoms with Crippen LogP contribution < -0.4 is 0 Å². The maximum atomic E-state index is 11.1. The molecular formula is C9H15NO. The molecule has 0 aromatic carbocycles. The monoisotopic (exact) mass is 153 g/mol. The van der Waals surface area contributed by atoms with E-state index >= 15 is 0 Å². The Hall–Kier alpha value is -0.370. The van der Waals surface area contributed by atoms with E-state index in [0.29, 0.717) is 11.8 Å². The van der Waals surface area contributed by atoms with E-state index in [4.69, 9.17) is 0 Å². The molecule has 2 fully saturated rings. The smallest absolute Gasteiger partial charge is 0.135 e. The second-order valence-electron chi connectivity index (χ2n) is 3.86.